The third kappa shape index (κ3) is 4.80. The normalized spacial score (nSPS) is 11.1. The highest BCUT2D eigenvalue weighted by Crippen LogP contribution is 2.19. The Morgan fingerprint density at radius 2 is 2.08 bits per heavy atom. The van der Waals surface area contributed by atoms with Crippen LogP contribution in [0, 0.1) is 19.8 Å². The lowest BCUT2D eigenvalue weighted by atomic mass is 10.0. The highest BCUT2D eigenvalue weighted by atomic mass is 32.1. The van der Waals surface area contributed by atoms with E-state index in [9.17, 15) is 9.90 Å². The van der Waals surface area contributed by atoms with Gasteiger partial charge in [-0.1, -0.05) is 26.0 Å². The molecule has 0 fully saturated rings. The summed E-state index contributed by atoms with van der Waals surface area (Å²) in [6, 6.07) is 5.99. The lowest BCUT2D eigenvalue weighted by Gasteiger charge is -2.25. The van der Waals surface area contributed by atoms with Crippen molar-refractivity contribution in [1.29, 1.82) is 0 Å². The van der Waals surface area contributed by atoms with Gasteiger partial charge in [-0.15, -0.1) is 0 Å². The molecule has 5 nitrogen and oxygen atoms in total. The first kappa shape index (κ1) is 19.4. The smallest absolute Gasteiger partial charge is 0.253 e. The van der Waals surface area contributed by atoms with Crippen molar-refractivity contribution in [3.8, 4) is 0 Å². The molecule has 0 bridgehead atoms. The van der Waals surface area contributed by atoms with E-state index in [4.69, 9.17) is 12.2 Å². The highest BCUT2D eigenvalue weighted by molar-refractivity contribution is 7.80. The van der Waals surface area contributed by atoms with Crippen LogP contribution in [0.15, 0.2) is 23.0 Å². The third-order valence-electron chi connectivity index (χ3n) is 4.31. The van der Waals surface area contributed by atoms with E-state index >= 15 is 0 Å². The summed E-state index contributed by atoms with van der Waals surface area (Å²) in [7, 11) is 0. The molecular weight excluding hydrogens is 334 g/mol. The van der Waals surface area contributed by atoms with Gasteiger partial charge in [-0.2, -0.15) is 0 Å². The lowest BCUT2D eigenvalue weighted by molar-refractivity contribution is 0.245. The van der Waals surface area contributed by atoms with Crippen LogP contribution in [0.4, 0.5) is 0 Å². The Kier molecular flexibility index (Phi) is 6.56. The number of aliphatic hydroxyl groups excluding tert-OH is 1. The fourth-order valence-corrected chi connectivity index (χ4v) is 2.91. The summed E-state index contributed by atoms with van der Waals surface area (Å²) >= 11 is 5.43. The maximum absolute atomic E-state index is 12.5. The van der Waals surface area contributed by atoms with Crippen molar-refractivity contribution in [3.63, 3.8) is 0 Å². The second kappa shape index (κ2) is 8.45. The van der Waals surface area contributed by atoms with Gasteiger partial charge >= 0.3 is 0 Å². The number of hydrogen-bond donors (Lipinski definition) is 3. The molecule has 0 amide bonds. The minimum atomic E-state index is -0.115. The van der Waals surface area contributed by atoms with E-state index in [1.54, 1.807) is 0 Å². The number of aromatic nitrogens is 1. The van der Waals surface area contributed by atoms with Gasteiger partial charge in [-0.05, 0) is 54.6 Å². The molecule has 0 unspecified atom stereocenters. The molecule has 0 aliphatic rings. The fourth-order valence-electron chi connectivity index (χ4n) is 2.67. The molecule has 2 rings (SSSR count). The minimum absolute atomic E-state index is 0.0205. The predicted molar refractivity (Wildman–Crippen MR) is 107 cm³/mol. The van der Waals surface area contributed by atoms with Crippen molar-refractivity contribution >= 4 is 28.2 Å². The van der Waals surface area contributed by atoms with Crippen LogP contribution in [0.5, 0.6) is 0 Å². The molecule has 1 heterocycles. The van der Waals surface area contributed by atoms with Crippen LogP contribution >= 0.6 is 12.2 Å². The van der Waals surface area contributed by atoms with E-state index in [1.165, 1.54) is 0 Å². The van der Waals surface area contributed by atoms with Crippen molar-refractivity contribution in [2.45, 2.75) is 34.2 Å². The molecule has 0 atom stereocenters. The van der Waals surface area contributed by atoms with E-state index in [1.807, 2.05) is 30.9 Å². The Labute approximate surface area is 154 Å². The molecule has 0 saturated carbocycles. The quantitative estimate of drug-likeness (QED) is 0.690. The van der Waals surface area contributed by atoms with Crippen LogP contribution in [0.25, 0.3) is 10.9 Å². The van der Waals surface area contributed by atoms with Crippen LogP contribution in [-0.2, 0) is 6.54 Å². The molecule has 25 heavy (non-hydrogen) atoms. The number of hydrogen-bond acceptors (Lipinski definition) is 3. The molecular formula is C19H27N3O2S. The third-order valence-corrected chi connectivity index (χ3v) is 4.71. The number of nitrogens with one attached hydrogen (secondary N) is 2. The molecule has 0 aliphatic heterocycles. The van der Waals surface area contributed by atoms with Crippen molar-refractivity contribution in [3.05, 3.63) is 45.2 Å². The van der Waals surface area contributed by atoms with Crippen LogP contribution in [0.3, 0.4) is 0 Å². The highest BCUT2D eigenvalue weighted by Gasteiger charge is 2.14. The fraction of sp³-hybridized carbons (Fsp3) is 0.474. The number of pyridine rings is 1. The van der Waals surface area contributed by atoms with Crippen LogP contribution < -0.4 is 10.9 Å². The van der Waals surface area contributed by atoms with E-state index in [0.29, 0.717) is 29.7 Å². The zero-order chi connectivity index (χ0) is 18.6. The maximum Gasteiger partial charge on any atom is 0.253 e. The van der Waals surface area contributed by atoms with Gasteiger partial charge in [0.1, 0.15) is 0 Å². The first-order valence-corrected chi connectivity index (χ1v) is 9.00. The standard InChI is InChI=1S/C19H27N3O2S/c1-12(2)10-20-19(25)22(7-8-23)11-16-9-15-6-5-13(3)14(4)17(15)21-18(16)24/h5-6,9,12,23H,7-8,10-11H2,1-4H3,(H,20,25)(H,21,24). The van der Waals surface area contributed by atoms with Gasteiger partial charge in [0.05, 0.1) is 18.7 Å². The second-order valence-electron chi connectivity index (χ2n) is 6.82. The number of aryl methyl sites for hydroxylation is 2. The number of fused-ring (bicyclic) bond motifs is 1. The number of aromatic amines is 1. The number of H-pyrrole nitrogens is 1. The van der Waals surface area contributed by atoms with Crippen molar-refractivity contribution in [1.82, 2.24) is 15.2 Å². The molecule has 1 aromatic carbocycles. The second-order valence-corrected chi connectivity index (χ2v) is 7.21. The summed E-state index contributed by atoms with van der Waals surface area (Å²) in [6.45, 7) is 9.73. The number of rotatable bonds is 6. The topological polar surface area (TPSA) is 68.4 Å². The Bertz CT molecular complexity index is 814. The largest absolute Gasteiger partial charge is 0.395 e. The Hall–Kier alpha value is -1.92. The minimum Gasteiger partial charge on any atom is -0.395 e. The SMILES string of the molecule is Cc1ccc2cc(CN(CCO)C(=S)NCC(C)C)c(=O)[nH]c2c1C. The summed E-state index contributed by atoms with van der Waals surface area (Å²) in [6.07, 6.45) is 0. The summed E-state index contributed by atoms with van der Waals surface area (Å²) in [4.78, 5) is 17.3. The molecule has 0 radical (unpaired) electrons. The molecule has 0 saturated heterocycles. The van der Waals surface area contributed by atoms with Crippen LogP contribution in [0.2, 0.25) is 0 Å². The van der Waals surface area contributed by atoms with E-state index in [0.717, 1.165) is 28.6 Å². The Balaban J connectivity index is 2.29. The molecule has 2 aromatic rings. The van der Waals surface area contributed by atoms with Gasteiger partial charge in [-0.3, -0.25) is 4.79 Å². The molecule has 0 aliphatic carbocycles. The Morgan fingerprint density at radius 1 is 1.36 bits per heavy atom. The van der Waals surface area contributed by atoms with E-state index in [-0.39, 0.29) is 12.2 Å². The number of aliphatic hydroxyl groups is 1. The van der Waals surface area contributed by atoms with E-state index < -0.39 is 0 Å². The average molecular weight is 362 g/mol. The van der Waals surface area contributed by atoms with Crippen molar-refractivity contribution in [2.75, 3.05) is 19.7 Å². The molecule has 1 aromatic heterocycles. The van der Waals surface area contributed by atoms with Crippen LogP contribution in [-0.4, -0.2) is 39.8 Å². The summed E-state index contributed by atoms with van der Waals surface area (Å²) in [5.41, 5.74) is 3.64. The Morgan fingerprint density at radius 3 is 2.72 bits per heavy atom. The summed E-state index contributed by atoms with van der Waals surface area (Å²) in [5, 5.41) is 14.1. The number of thiocarbonyl (C=S) groups is 1. The monoisotopic (exact) mass is 361 g/mol. The summed E-state index contributed by atoms with van der Waals surface area (Å²) < 4.78 is 0. The molecule has 6 heteroatoms. The van der Waals surface area contributed by atoms with Gasteiger partial charge < -0.3 is 20.3 Å². The summed E-state index contributed by atoms with van der Waals surface area (Å²) in [5.74, 6) is 0.462. The predicted octanol–water partition coefficient (Wildman–Crippen LogP) is 2.47. The van der Waals surface area contributed by atoms with E-state index in [2.05, 4.69) is 30.2 Å². The van der Waals surface area contributed by atoms with Gasteiger partial charge in [0.25, 0.3) is 5.56 Å². The molecule has 3 N–H and O–H groups in total. The lowest BCUT2D eigenvalue weighted by Crippen LogP contribution is -2.43. The number of benzene rings is 1. The van der Waals surface area contributed by atoms with Crippen molar-refractivity contribution < 1.29 is 5.11 Å². The van der Waals surface area contributed by atoms with Gasteiger partial charge in [0.2, 0.25) is 0 Å². The van der Waals surface area contributed by atoms with Gasteiger partial charge in [-0.25, -0.2) is 0 Å². The zero-order valence-corrected chi connectivity index (χ0v) is 16.2. The van der Waals surface area contributed by atoms with Gasteiger partial charge in [0, 0.05) is 18.7 Å². The maximum atomic E-state index is 12.5. The zero-order valence-electron chi connectivity index (χ0n) is 15.3. The average Bonchev–Trinajstić information content (AvgIpc) is 2.57. The van der Waals surface area contributed by atoms with Crippen molar-refractivity contribution in [2.24, 2.45) is 5.92 Å². The van der Waals surface area contributed by atoms with Crippen LogP contribution in [0.1, 0.15) is 30.5 Å². The molecule has 136 valence electrons. The first-order chi connectivity index (χ1) is 11.8. The number of nitrogens with zero attached hydrogens (tertiary/aromatic N) is 1. The molecule has 0 spiro atoms. The first-order valence-electron chi connectivity index (χ1n) is 8.59. The van der Waals surface area contributed by atoms with Gasteiger partial charge in [0.15, 0.2) is 5.11 Å².